The van der Waals surface area contributed by atoms with E-state index in [1.165, 1.54) is 72.3 Å². The molecule has 2 unspecified atom stereocenters. The Kier molecular flexibility index (Phi) is 7.44. The third kappa shape index (κ3) is 4.62. The zero-order valence-corrected chi connectivity index (χ0v) is 33.7. The van der Waals surface area contributed by atoms with Crippen LogP contribution in [-0.2, 0) is 10.8 Å². The Balaban J connectivity index is 1.13. The third-order valence-electron chi connectivity index (χ3n) is 13.6. The molecular weight excluding hydrogens is 751 g/mol. The molecule has 288 valence electrons. The average molecular weight is 788 g/mol. The monoisotopic (exact) mass is 787 g/mol. The van der Waals surface area contributed by atoms with Crippen LogP contribution in [0.25, 0.3) is 67.5 Å². The first-order chi connectivity index (χ1) is 30.8. The zero-order valence-electron chi connectivity index (χ0n) is 33.7. The molecule has 62 heavy (non-hydrogen) atoms. The van der Waals surface area contributed by atoms with Gasteiger partial charge in [0, 0.05) is 16.7 Å². The Morgan fingerprint density at radius 1 is 0.226 bits per heavy atom. The van der Waals surface area contributed by atoms with Gasteiger partial charge in [0.15, 0.2) is 17.5 Å². The van der Waals surface area contributed by atoms with Crippen LogP contribution in [0.15, 0.2) is 224 Å². The summed E-state index contributed by atoms with van der Waals surface area (Å²) in [5.41, 5.74) is 19.3. The zero-order chi connectivity index (χ0) is 40.8. The highest BCUT2D eigenvalue weighted by Gasteiger charge is 2.60. The van der Waals surface area contributed by atoms with Crippen LogP contribution in [0.3, 0.4) is 0 Å². The first-order valence-electron chi connectivity index (χ1n) is 21.4. The van der Waals surface area contributed by atoms with Crippen molar-refractivity contribution in [3.8, 4) is 67.5 Å². The summed E-state index contributed by atoms with van der Waals surface area (Å²) in [6.07, 6.45) is 0. The summed E-state index contributed by atoms with van der Waals surface area (Å²) in [7, 11) is 0. The molecule has 9 aromatic carbocycles. The first kappa shape index (κ1) is 34.8. The molecule has 0 saturated heterocycles. The van der Waals surface area contributed by atoms with Crippen LogP contribution < -0.4 is 0 Å². The molecule has 0 saturated carbocycles. The predicted molar refractivity (Wildman–Crippen MR) is 250 cm³/mol. The molecule has 10 aromatic rings. The maximum Gasteiger partial charge on any atom is 0.164 e. The standard InChI is InChI=1S/C59H37N3/c1-4-18-38(19-5-1)39-34-36-41(37-35-39)56-60-55(40-20-6-2-7-21-40)61-57(62-56)47-28-16-26-45-43-24-11-13-30-49(43)59(53(45)47)51-32-15-14-31-50(51)58(42-22-8-3-9-23-42)48-29-12-10-25-44(48)46-27-17-33-52(59)54(46)58/h1-37H. The lowest BCUT2D eigenvalue weighted by molar-refractivity contribution is 0.636. The smallest absolute Gasteiger partial charge is 0.164 e. The Morgan fingerprint density at radius 2 is 0.613 bits per heavy atom. The van der Waals surface area contributed by atoms with Gasteiger partial charge in [-0.25, -0.2) is 15.0 Å². The number of benzene rings is 9. The van der Waals surface area contributed by atoms with Crippen molar-refractivity contribution in [2.45, 2.75) is 10.8 Å². The minimum atomic E-state index is -0.693. The summed E-state index contributed by atoms with van der Waals surface area (Å²) in [5, 5.41) is 0. The minimum absolute atomic E-state index is 0.523. The fraction of sp³-hybridized carbons (Fsp3) is 0.0339. The maximum absolute atomic E-state index is 5.45. The molecule has 0 N–H and O–H groups in total. The van der Waals surface area contributed by atoms with E-state index in [2.05, 4.69) is 200 Å². The van der Waals surface area contributed by atoms with Crippen molar-refractivity contribution in [1.82, 2.24) is 15.0 Å². The Labute approximate surface area is 360 Å². The van der Waals surface area contributed by atoms with Crippen molar-refractivity contribution >= 4 is 0 Å². The van der Waals surface area contributed by atoms with Crippen molar-refractivity contribution in [3.63, 3.8) is 0 Å². The molecule has 3 aliphatic rings. The van der Waals surface area contributed by atoms with E-state index in [0.717, 1.165) is 22.3 Å². The SMILES string of the molecule is c1ccc(-c2ccc(-c3nc(-c4ccccc4)nc(-c4cccc5c4C4(c6ccccc6-5)c5ccccc5C5(c6ccccc6)c6ccccc6-c6cccc4c65)n3)cc2)cc1. The van der Waals surface area contributed by atoms with Gasteiger partial charge < -0.3 is 0 Å². The summed E-state index contributed by atoms with van der Waals surface area (Å²) in [4.78, 5) is 16.0. The van der Waals surface area contributed by atoms with Crippen molar-refractivity contribution in [2.75, 3.05) is 0 Å². The molecule has 0 fully saturated rings. The summed E-state index contributed by atoms with van der Waals surface area (Å²) in [6, 6.07) is 81.6. The van der Waals surface area contributed by atoms with E-state index in [4.69, 9.17) is 15.0 Å². The number of nitrogens with zero attached hydrogens (tertiary/aromatic N) is 3. The second-order valence-corrected chi connectivity index (χ2v) is 16.6. The topological polar surface area (TPSA) is 38.7 Å². The van der Waals surface area contributed by atoms with E-state index < -0.39 is 10.8 Å². The van der Waals surface area contributed by atoms with E-state index >= 15 is 0 Å². The molecule has 3 heteroatoms. The maximum atomic E-state index is 5.45. The summed E-state index contributed by atoms with van der Waals surface area (Å²) < 4.78 is 0. The van der Waals surface area contributed by atoms with E-state index in [1.54, 1.807) is 0 Å². The van der Waals surface area contributed by atoms with E-state index in [1.807, 2.05) is 24.3 Å². The van der Waals surface area contributed by atoms with Gasteiger partial charge in [0.1, 0.15) is 0 Å². The van der Waals surface area contributed by atoms with Gasteiger partial charge in [-0.15, -0.1) is 0 Å². The lowest BCUT2D eigenvalue weighted by Crippen LogP contribution is -2.43. The Morgan fingerprint density at radius 3 is 1.26 bits per heavy atom. The van der Waals surface area contributed by atoms with Crippen molar-refractivity contribution < 1.29 is 0 Å². The third-order valence-corrected chi connectivity index (χ3v) is 13.6. The first-order valence-corrected chi connectivity index (χ1v) is 21.4. The summed E-state index contributed by atoms with van der Waals surface area (Å²) >= 11 is 0. The Bertz CT molecular complexity index is 3400. The number of hydrogen-bond acceptors (Lipinski definition) is 3. The fourth-order valence-electron chi connectivity index (χ4n) is 11.3. The molecule has 2 atom stereocenters. The molecule has 0 amide bonds. The van der Waals surface area contributed by atoms with Gasteiger partial charge in [-0.3, -0.25) is 0 Å². The summed E-state index contributed by atoms with van der Waals surface area (Å²) in [6.45, 7) is 0. The van der Waals surface area contributed by atoms with Gasteiger partial charge in [-0.2, -0.15) is 0 Å². The number of rotatable bonds is 5. The van der Waals surface area contributed by atoms with Gasteiger partial charge in [0.2, 0.25) is 0 Å². The molecule has 0 aliphatic heterocycles. The van der Waals surface area contributed by atoms with E-state index in [0.29, 0.717) is 17.5 Å². The largest absolute Gasteiger partial charge is 0.208 e. The van der Waals surface area contributed by atoms with Gasteiger partial charge in [-0.1, -0.05) is 224 Å². The highest BCUT2D eigenvalue weighted by Crippen LogP contribution is 2.69. The number of aromatic nitrogens is 3. The highest BCUT2D eigenvalue weighted by molar-refractivity contribution is 5.98. The molecule has 1 aromatic heterocycles. The molecule has 0 radical (unpaired) electrons. The van der Waals surface area contributed by atoms with Gasteiger partial charge >= 0.3 is 0 Å². The van der Waals surface area contributed by atoms with Crippen LogP contribution in [0.2, 0.25) is 0 Å². The second-order valence-electron chi connectivity index (χ2n) is 16.6. The van der Waals surface area contributed by atoms with E-state index in [-0.39, 0.29) is 0 Å². The molecule has 3 aliphatic carbocycles. The van der Waals surface area contributed by atoms with Gasteiger partial charge in [0.25, 0.3) is 0 Å². The number of hydrogen-bond donors (Lipinski definition) is 0. The second kappa shape index (κ2) is 13.2. The Hall–Kier alpha value is -8.01. The lowest BCUT2D eigenvalue weighted by Gasteiger charge is -2.48. The normalized spacial score (nSPS) is 17.2. The van der Waals surface area contributed by atoms with E-state index in [9.17, 15) is 0 Å². The van der Waals surface area contributed by atoms with Crippen LogP contribution in [-0.4, -0.2) is 15.0 Å². The van der Waals surface area contributed by atoms with Crippen molar-refractivity contribution in [2.24, 2.45) is 0 Å². The van der Waals surface area contributed by atoms with Gasteiger partial charge in [0.05, 0.1) is 10.8 Å². The summed E-state index contributed by atoms with van der Waals surface area (Å²) in [5.74, 6) is 1.93. The highest BCUT2D eigenvalue weighted by atomic mass is 15.0. The molecule has 0 bridgehead atoms. The molecule has 3 nitrogen and oxygen atoms in total. The van der Waals surface area contributed by atoms with Crippen LogP contribution in [0, 0.1) is 0 Å². The van der Waals surface area contributed by atoms with Crippen LogP contribution in [0.1, 0.15) is 44.5 Å². The molecule has 13 rings (SSSR count). The molecule has 1 spiro atoms. The molecular formula is C59H37N3. The van der Waals surface area contributed by atoms with Crippen LogP contribution >= 0.6 is 0 Å². The average Bonchev–Trinajstić information content (AvgIpc) is 3.83. The van der Waals surface area contributed by atoms with Crippen molar-refractivity contribution in [3.05, 3.63) is 269 Å². The predicted octanol–water partition coefficient (Wildman–Crippen LogP) is 13.6. The minimum Gasteiger partial charge on any atom is -0.208 e. The quantitative estimate of drug-likeness (QED) is 0.174. The molecule has 1 heterocycles. The van der Waals surface area contributed by atoms with Crippen molar-refractivity contribution in [1.29, 1.82) is 0 Å². The van der Waals surface area contributed by atoms with Crippen LogP contribution in [0.4, 0.5) is 0 Å². The van der Waals surface area contributed by atoms with Crippen LogP contribution in [0.5, 0.6) is 0 Å². The fourth-order valence-corrected chi connectivity index (χ4v) is 11.3. The number of fused-ring (bicyclic) bond motifs is 12. The van der Waals surface area contributed by atoms with Gasteiger partial charge in [-0.05, 0) is 77.9 Å². The lowest BCUT2D eigenvalue weighted by atomic mass is 9.52.